The topological polar surface area (TPSA) is 82.1 Å². The number of amides is 1. The van der Waals surface area contributed by atoms with Gasteiger partial charge in [0.15, 0.2) is 6.20 Å². The van der Waals surface area contributed by atoms with E-state index in [1.165, 1.54) is 12.3 Å². The number of hydrogen-bond donors (Lipinski definition) is 2. The van der Waals surface area contributed by atoms with E-state index in [0.29, 0.717) is 11.3 Å². The van der Waals surface area contributed by atoms with Crippen LogP contribution in [-0.4, -0.2) is 18.5 Å². The molecule has 1 amide bonds. The molecular formula is C9H13N3O2. The van der Waals surface area contributed by atoms with E-state index in [2.05, 4.69) is 5.32 Å². The van der Waals surface area contributed by atoms with Gasteiger partial charge >= 0.3 is 5.91 Å². The van der Waals surface area contributed by atoms with Gasteiger partial charge in [-0.15, -0.1) is 0 Å². The maximum atomic E-state index is 11.4. The Hall–Kier alpha value is -1.62. The van der Waals surface area contributed by atoms with Crippen molar-refractivity contribution in [1.82, 2.24) is 5.32 Å². The van der Waals surface area contributed by atoms with Crippen LogP contribution in [0.4, 0.5) is 0 Å². The van der Waals surface area contributed by atoms with E-state index in [1.807, 2.05) is 0 Å². The van der Waals surface area contributed by atoms with Crippen molar-refractivity contribution in [3.63, 3.8) is 0 Å². The Kier molecular flexibility index (Phi) is 3.41. The molecule has 0 saturated heterocycles. The zero-order valence-corrected chi connectivity index (χ0v) is 7.93. The van der Waals surface area contributed by atoms with Crippen molar-refractivity contribution in [1.29, 1.82) is 0 Å². The Labute approximate surface area is 82.1 Å². The third-order valence-corrected chi connectivity index (χ3v) is 1.79. The minimum absolute atomic E-state index is 0.0767. The van der Waals surface area contributed by atoms with Crippen molar-refractivity contribution in [3.05, 3.63) is 35.3 Å². The molecule has 1 rings (SSSR count). The van der Waals surface area contributed by atoms with Crippen LogP contribution >= 0.6 is 0 Å². The van der Waals surface area contributed by atoms with Gasteiger partial charge in [-0.1, -0.05) is 0 Å². The van der Waals surface area contributed by atoms with Crippen molar-refractivity contribution >= 4 is 5.91 Å². The second-order valence-electron chi connectivity index (χ2n) is 3.02. The van der Waals surface area contributed by atoms with Gasteiger partial charge in [-0.25, -0.2) is 0 Å². The number of carbonyl (C=O) groups excluding carboxylic acids is 1. The van der Waals surface area contributed by atoms with E-state index in [-0.39, 0.29) is 11.7 Å². The van der Waals surface area contributed by atoms with Crippen LogP contribution < -0.4 is 15.8 Å². The third-order valence-electron chi connectivity index (χ3n) is 1.79. The molecule has 0 bridgehead atoms. The molecule has 0 aliphatic rings. The molecule has 0 saturated carbocycles. The van der Waals surface area contributed by atoms with Gasteiger partial charge in [-0.3, -0.25) is 4.79 Å². The Bertz CT molecular complexity index is 328. The summed E-state index contributed by atoms with van der Waals surface area (Å²) < 4.78 is 0.526. The zero-order chi connectivity index (χ0) is 10.6. The van der Waals surface area contributed by atoms with Crippen molar-refractivity contribution in [2.45, 2.75) is 13.0 Å². The highest BCUT2D eigenvalue weighted by atomic mass is 16.5. The summed E-state index contributed by atoms with van der Waals surface area (Å²) in [5, 5.41) is 13.8. The summed E-state index contributed by atoms with van der Waals surface area (Å²) in [6.45, 7) is 2.12. The average molecular weight is 195 g/mol. The maximum absolute atomic E-state index is 11.4. The number of nitrogens with two attached hydrogens (primary N) is 1. The summed E-state index contributed by atoms with van der Waals surface area (Å²) in [6.07, 6.45) is 1.28. The predicted molar refractivity (Wildman–Crippen MR) is 51.4 cm³/mol. The Morgan fingerprint density at radius 2 is 2.43 bits per heavy atom. The maximum Gasteiger partial charge on any atom is 0.317 e. The molecule has 0 aliphatic carbocycles. The highest BCUT2D eigenvalue weighted by Gasteiger charge is 2.15. The first-order chi connectivity index (χ1) is 6.65. The summed E-state index contributed by atoms with van der Waals surface area (Å²) in [4.78, 5) is 11.4. The van der Waals surface area contributed by atoms with Gasteiger partial charge in [0.2, 0.25) is 0 Å². The van der Waals surface area contributed by atoms with Crippen LogP contribution in [0.1, 0.15) is 17.4 Å². The molecule has 14 heavy (non-hydrogen) atoms. The molecular weight excluding hydrogens is 182 g/mol. The molecule has 0 fully saturated rings. The van der Waals surface area contributed by atoms with Crippen molar-refractivity contribution < 1.29 is 9.52 Å². The fourth-order valence-electron chi connectivity index (χ4n) is 0.961. The van der Waals surface area contributed by atoms with Gasteiger partial charge in [-0.05, 0) is 13.0 Å². The number of pyridine rings is 1. The lowest BCUT2D eigenvalue weighted by Crippen LogP contribution is -2.44. The number of rotatable bonds is 3. The van der Waals surface area contributed by atoms with Gasteiger partial charge in [0, 0.05) is 24.7 Å². The molecule has 1 aromatic rings. The number of hydrogen-bond acceptors (Lipinski definition) is 3. The zero-order valence-electron chi connectivity index (χ0n) is 7.93. The third kappa shape index (κ3) is 2.43. The highest BCUT2D eigenvalue weighted by Crippen LogP contribution is 1.91. The van der Waals surface area contributed by atoms with E-state index >= 15 is 0 Å². The standard InChI is InChI=1S/C9H13N3O2/c1-7(6-10)11-9(13)8-4-2-3-5-12(8)14/h2-5,7H,6,10H2,1H3,(H,11,13)/t7-/m0/s1. The first-order valence-electron chi connectivity index (χ1n) is 4.34. The molecule has 0 aromatic carbocycles. The lowest BCUT2D eigenvalue weighted by Gasteiger charge is -2.10. The van der Waals surface area contributed by atoms with Crippen LogP contribution in [0.5, 0.6) is 0 Å². The van der Waals surface area contributed by atoms with Crippen LogP contribution in [-0.2, 0) is 0 Å². The molecule has 0 aliphatic heterocycles. The number of nitrogens with one attached hydrogen (secondary N) is 1. The van der Waals surface area contributed by atoms with E-state index in [4.69, 9.17) is 5.73 Å². The summed E-state index contributed by atoms with van der Waals surface area (Å²) in [6, 6.07) is 4.53. The SMILES string of the molecule is C[C@@H](CN)NC(=O)c1cccc[n+]1[O-]. The van der Waals surface area contributed by atoms with Gasteiger partial charge in [0.05, 0.1) is 0 Å². The minimum Gasteiger partial charge on any atom is -0.618 e. The van der Waals surface area contributed by atoms with E-state index < -0.39 is 5.91 Å². The summed E-state index contributed by atoms with van der Waals surface area (Å²) >= 11 is 0. The van der Waals surface area contributed by atoms with Gasteiger partial charge in [-0.2, -0.15) is 4.73 Å². The molecule has 3 N–H and O–H groups in total. The monoisotopic (exact) mass is 195 g/mol. The van der Waals surface area contributed by atoms with Crippen LogP contribution in [0.2, 0.25) is 0 Å². The fraction of sp³-hybridized carbons (Fsp3) is 0.333. The lowest BCUT2D eigenvalue weighted by molar-refractivity contribution is -0.607. The fourth-order valence-corrected chi connectivity index (χ4v) is 0.961. The molecule has 0 spiro atoms. The molecule has 5 nitrogen and oxygen atoms in total. The minimum atomic E-state index is -0.404. The van der Waals surface area contributed by atoms with Crippen LogP contribution in [0.15, 0.2) is 24.4 Å². The molecule has 0 unspecified atom stereocenters. The molecule has 1 atom stereocenters. The van der Waals surface area contributed by atoms with Crippen molar-refractivity contribution in [3.8, 4) is 0 Å². The van der Waals surface area contributed by atoms with Gasteiger partial charge in [0.25, 0.3) is 5.69 Å². The molecule has 0 radical (unpaired) electrons. The molecule has 76 valence electrons. The second-order valence-corrected chi connectivity index (χ2v) is 3.02. The number of carbonyl (C=O) groups is 1. The quantitative estimate of drug-likeness (QED) is 0.499. The predicted octanol–water partition coefficient (Wildman–Crippen LogP) is -0.603. The van der Waals surface area contributed by atoms with Gasteiger partial charge in [0.1, 0.15) is 0 Å². The summed E-state index contributed by atoms with van der Waals surface area (Å²) in [7, 11) is 0. The first kappa shape index (κ1) is 10.5. The molecule has 1 heterocycles. The number of aromatic nitrogens is 1. The number of nitrogens with zero attached hydrogens (tertiary/aromatic N) is 1. The summed E-state index contributed by atoms with van der Waals surface area (Å²) in [5.41, 5.74) is 5.41. The first-order valence-corrected chi connectivity index (χ1v) is 4.34. The lowest BCUT2D eigenvalue weighted by atomic mass is 10.3. The van der Waals surface area contributed by atoms with E-state index in [1.54, 1.807) is 19.1 Å². The Balaban J connectivity index is 2.75. The largest absolute Gasteiger partial charge is 0.618 e. The average Bonchev–Trinajstić information content (AvgIpc) is 2.18. The van der Waals surface area contributed by atoms with Crippen molar-refractivity contribution in [2.24, 2.45) is 5.73 Å². The smallest absolute Gasteiger partial charge is 0.317 e. The second kappa shape index (κ2) is 4.57. The van der Waals surface area contributed by atoms with Gasteiger partial charge < -0.3 is 16.3 Å². The Morgan fingerprint density at radius 1 is 1.71 bits per heavy atom. The Morgan fingerprint density at radius 3 is 3.00 bits per heavy atom. The van der Waals surface area contributed by atoms with Crippen LogP contribution in [0.3, 0.4) is 0 Å². The summed E-state index contributed by atoms with van der Waals surface area (Å²) in [5.74, 6) is -0.404. The van der Waals surface area contributed by atoms with Crippen LogP contribution in [0, 0.1) is 5.21 Å². The highest BCUT2D eigenvalue weighted by molar-refractivity contribution is 5.91. The van der Waals surface area contributed by atoms with E-state index in [9.17, 15) is 10.0 Å². The van der Waals surface area contributed by atoms with Crippen molar-refractivity contribution in [2.75, 3.05) is 6.54 Å². The molecule has 1 aromatic heterocycles. The molecule has 5 heteroatoms. The van der Waals surface area contributed by atoms with E-state index in [0.717, 1.165) is 0 Å². The van der Waals surface area contributed by atoms with Crippen LogP contribution in [0.25, 0.3) is 0 Å². The normalized spacial score (nSPS) is 12.1.